The molecular weight excluding hydrogens is 593 g/mol. The molecule has 0 aliphatic carbocycles. The van der Waals surface area contributed by atoms with Crippen molar-refractivity contribution in [3.63, 3.8) is 0 Å². The number of pyridine rings is 1. The summed E-state index contributed by atoms with van der Waals surface area (Å²) in [5.41, 5.74) is 6.87. The average molecular weight is 617 g/mol. The molecule has 0 spiro atoms. The van der Waals surface area contributed by atoms with Gasteiger partial charge in [-0.25, -0.2) is 0 Å². The van der Waals surface area contributed by atoms with E-state index in [0.29, 0.717) is 50.1 Å². The van der Waals surface area contributed by atoms with Crippen LogP contribution in [0.15, 0.2) is 104 Å². The Morgan fingerprint density at radius 3 is 2.55 bits per heavy atom. The van der Waals surface area contributed by atoms with Crippen LogP contribution in [0.2, 0.25) is 10.0 Å². The molecule has 7 rings (SSSR count). The van der Waals surface area contributed by atoms with Crippen LogP contribution in [-0.4, -0.2) is 30.2 Å². The number of halogens is 2. The Balaban J connectivity index is 1.26. The molecule has 0 fully saturated rings. The highest BCUT2D eigenvalue weighted by Crippen LogP contribution is 2.37. The summed E-state index contributed by atoms with van der Waals surface area (Å²) in [6, 6.07) is 29.2. The Hall–Kier alpha value is -5.43. The Kier molecular flexibility index (Phi) is 7.28. The van der Waals surface area contributed by atoms with Gasteiger partial charge < -0.3 is 10.6 Å². The van der Waals surface area contributed by atoms with Crippen LogP contribution in [0.25, 0.3) is 21.8 Å². The number of benzene rings is 4. The van der Waals surface area contributed by atoms with E-state index >= 15 is 0 Å². The Morgan fingerprint density at radius 2 is 1.77 bits per heavy atom. The smallest absolute Gasteiger partial charge is 0.109 e. The van der Waals surface area contributed by atoms with Crippen LogP contribution in [0.1, 0.15) is 28.4 Å². The van der Waals surface area contributed by atoms with E-state index in [1.54, 1.807) is 12.4 Å². The van der Waals surface area contributed by atoms with Crippen LogP contribution >= 0.6 is 23.2 Å². The predicted molar refractivity (Wildman–Crippen MR) is 173 cm³/mol. The molecule has 0 bridgehead atoms. The van der Waals surface area contributed by atoms with E-state index in [4.69, 9.17) is 23.2 Å². The summed E-state index contributed by atoms with van der Waals surface area (Å²) in [5, 5.41) is 35.3. The highest BCUT2D eigenvalue weighted by Gasteiger charge is 2.21. The van der Waals surface area contributed by atoms with Crippen molar-refractivity contribution >= 4 is 62.1 Å². The number of anilines is 3. The lowest BCUT2D eigenvalue weighted by molar-refractivity contribution is 0.712. The second-order valence-electron chi connectivity index (χ2n) is 10.2. The molecule has 1 atom stereocenters. The lowest BCUT2D eigenvalue weighted by atomic mass is 10.0. The summed E-state index contributed by atoms with van der Waals surface area (Å²) in [4.78, 5) is 4.67. The van der Waals surface area contributed by atoms with Gasteiger partial charge in [-0.05, 0) is 53.6 Å². The van der Waals surface area contributed by atoms with Gasteiger partial charge in [-0.1, -0.05) is 70.9 Å². The third-order valence-electron chi connectivity index (χ3n) is 7.38. The average Bonchev–Trinajstić information content (AvgIpc) is 3.72. The highest BCUT2D eigenvalue weighted by atomic mass is 35.5. The number of hydrogen-bond donors (Lipinski definition) is 3. The molecule has 3 N–H and O–H groups in total. The first-order chi connectivity index (χ1) is 21.6. The zero-order chi connectivity index (χ0) is 30.0. The first-order valence-electron chi connectivity index (χ1n) is 13.7. The van der Waals surface area contributed by atoms with Gasteiger partial charge in [-0.15, -0.1) is 5.10 Å². The molecule has 11 heteroatoms. The van der Waals surface area contributed by atoms with Crippen molar-refractivity contribution in [3.05, 3.63) is 136 Å². The van der Waals surface area contributed by atoms with E-state index in [2.05, 4.69) is 54.3 Å². The molecule has 3 heterocycles. The molecule has 0 saturated heterocycles. The minimum atomic E-state index is -0.378. The predicted octanol–water partition coefficient (Wildman–Crippen LogP) is 7.87. The first kappa shape index (κ1) is 27.4. The number of nitriles is 1. The van der Waals surface area contributed by atoms with Crippen molar-refractivity contribution in [2.45, 2.75) is 12.6 Å². The maximum absolute atomic E-state index is 10.0. The highest BCUT2D eigenvalue weighted by molar-refractivity contribution is 6.32. The molecule has 4 aromatic carbocycles. The van der Waals surface area contributed by atoms with Gasteiger partial charge in [0.15, 0.2) is 0 Å². The standard InChI is InChI=1S/C33H23Cl2N9/c34-24-8-6-21(7-9-24)32(29-18-38-43-42-29)41-28-14-25(35)13-27-31(23(15-36)16-37-33(27)28)40-26-10-11-30-22(12-26)17-39-44(30)19-20-4-2-1-3-5-20/h1-14,16-18,32,41H,19H2,(H,37,40)(H,38,42,43)/t32-/m0/s1. The van der Waals surface area contributed by atoms with E-state index in [-0.39, 0.29) is 6.04 Å². The quantitative estimate of drug-likeness (QED) is 0.159. The van der Waals surface area contributed by atoms with Crippen LogP contribution in [0.4, 0.5) is 17.1 Å². The van der Waals surface area contributed by atoms with E-state index < -0.39 is 0 Å². The Bertz CT molecular complexity index is 2140. The zero-order valence-corrected chi connectivity index (χ0v) is 24.6. The molecule has 0 saturated carbocycles. The third-order valence-corrected chi connectivity index (χ3v) is 7.85. The molecule has 7 aromatic rings. The number of hydrogen-bond acceptors (Lipinski definition) is 7. The van der Waals surface area contributed by atoms with Crippen LogP contribution in [-0.2, 0) is 6.54 Å². The van der Waals surface area contributed by atoms with Crippen LogP contribution in [0.3, 0.4) is 0 Å². The molecule has 0 unspecified atom stereocenters. The van der Waals surface area contributed by atoms with E-state index in [9.17, 15) is 5.26 Å². The molecule has 0 radical (unpaired) electrons. The van der Waals surface area contributed by atoms with Gasteiger partial charge in [0.05, 0.1) is 46.8 Å². The number of rotatable bonds is 8. The molecular formula is C33H23Cl2N9. The van der Waals surface area contributed by atoms with Crippen LogP contribution < -0.4 is 10.6 Å². The van der Waals surface area contributed by atoms with Crippen LogP contribution in [0.5, 0.6) is 0 Å². The monoisotopic (exact) mass is 615 g/mol. The minimum Gasteiger partial charge on any atom is -0.371 e. The van der Waals surface area contributed by atoms with Gasteiger partial charge in [-0.3, -0.25) is 14.8 Å². The maximum atomic E-state index is 10.0. The fraction of sp³-hybridized carbons (Fsp3) is 0.0606. The number of fused-ring (bicyclic) bond motifs is 2. The lowest BCUT2D eigenvalue weighted by Gasteiger charge is -2.21. The Morgan fingerprint density at radius 1 is 0.932 bits per heavy atom. The van der Waals surface area contributed by atoms with Crippen molar-refractivity contribution < 1.29 is 0 Å². The molecule has 0 aliphatic rings. The summed E-state index contributed by atoms with van der Waals surface area (Å²) >= 11 is 12.8. The number of nitrogens with zero attached hydrogens (tertiary/aromatic N) is 6. The summed E-state index contributed by atoms with van der Waals surface area (Å²) in [7, 11) is 0. The summed E-state index contributed by atoms with van der Waals surface area (Å²) in [6.07, 6.45) is 5.14. The Labute approximate surface area is 262 Å². The SMILES string of the molecule is N#Cc1cnc2c(N[C@@H](c3ccc(Cl)cc3)c3c[nH]nn3)cc(Cl)cc2c1Nc1ccc2c(cnn2Cc2ccccc2)c1. The normalized spacial score (nSPS) is 11.8. The number of nitrogens with one attached hydrogen (secondary N) is 3. The van der Waals surface area contributed by atoms with Crippen molar-refractivity contribution in [3.8, 4) is 6.07 Å². The van der Waals surface area contributed by atoms with Gasteiger partial charge in [-0.2, -0.15) is 10.4 Å². The van der Waals surface area contributed by atoms with Gasteiger partial charge >= 0.3 is 0 Å². The van der Waals surface area contributed by atoms with Gasteiger partial charge in [0, 0.05) is 38.9 Å². The molecule has 214 valence electrons. The maximum Gasteiger partial charge on any atom is 0.109 e. The largest absolute Gasteiger partial charge is 0.371 e. The second kappa shape index (κ2) is 11.7. The summed E-state index contributed by atoms with van der Waals surface area (Å²) in [5.74, 6) is 0. The van der Waals surface area contributed by atoms with E-state index in [1.807, 2.05) is 83.7 Å². The van der Waals surface area contributed by atoms with Gasteiger partial charge in [0.2, 0.25) is 0 Å². The van der Waals surface area contributed by atoms with Gasteiger partial charge in [0.25, 0.3) is 0 Å². The minimum absolute atomic E-state index is 0.378. The van der Waals surface area contributed by atoms with E-state index in [1.165, 1.54) is 5.56 Å². The van der Waals surface area contributed by atoms with Crippen LogP contribution in [0, 0.1) is 11.3 Å². The fourth-order valence-corrected chi connectivity index (χ4v) is 5.62. The number of aromatic nitrogens is 6. The van der Waals surface area contributed by atoms with Crippen molar-refractivity contribution in [1.29, 1.82) is 5.26 Å². The molecule has 44 heavy (non-hydrogen) atoms. The van der Waals surface area contributed by atoms with Crippen molar-refractivity contribution in [1.82, 2.24) is 30.2 Å². The van der Waals surface area contributed by atoms with Crippen molar-refractivity contribution in [2.24, 2.45) is 0 Å². The molecule has 3 aromatic heterocycles. The van der Waals surface area contributed by atoms with E-state index in [0.717, 1.165) is 22.2 Å². The number of aromatic amines is 1. The molecule has 9 nitrogen and oxygen atoms in total. The van der Waals surface area contributed by atoms with Crippen molar-refractivity contribution in [2.75, 3.05) is 10.6 Å². The summed E-state index contributed by atoms with van der Waals surface area (Å²) in [6.45, 7) is 0.671. The third kappa shape index (κ3) is 5.40. The number of H-pyrrole nitrogens is 1. The lowest BCUT2D eigenvalue weighted by Crippen LogP contribution is -2.13. The summed E-state index contributed by atoms with van der Waals surface area (Å²) < 4.78 is 1.97. The topological polar surface area (TPSA) is 120 Å². The van der Waals surface area contributed by atoms with Gasteiger partial charge in [0.1, 0.15) is 11.8 Å². The zero-order valence-electron chi connectivity index (χ0n) is 23.0. The fourth-order valence-electron chi connectivity index (χ4n) is 5.28. The second-order valence-corrected chi connectivity index (χ2v) is 11.1. The molecule has 0 aliphatic heterocycles. The molecule has 0 amide bonds. The first-order valence-corrected chi connectivity index (χ1v) is 14.5.